The Morgan fingerprint density at radius 3 is 2.89 bits per heavy atom. The molecule has 2 N–H and O–H groups in total. The highest BCUT2D eigenvalue weighted by Gasteiger charge is 2.09. The molecule has 0 aliphatic heterocycles. The molecule has 1 aromatic heterocycles. The van der Waals surface area contributed by atoms with Gasteiger partial charge in [-0.25, -0.2) is 4.98 Å². The van der Waals surface area contributed by atoms with Crippen LogP contribution in [0.25, 0.3) is 11.1 Å². The van der Waals surface area contributed by atoms with Gasteiger partial charge in [-0.05, 0) is 32.1 Å². The van der Waals surface area contributed by atoms with Crippen molar-refractivity contribution in [2.24, 2.45) is 0 Å². The average molecular weight is 247 g/mol. The Hall–Kier alpha value is -1.55. The summed E-state index contributed by atoms with van der Waals surface area (Å²) >= 11 is 0. The Kier molecular flexibility index (Phi) is 4.20. The lowest BCUT2D eigenvalue weighted by atomic mass is 10.2. The predicted octanol–water partition coefficient (Wildman–Crippen LogP) is 3.03. The van der Waals surface area contributed by atoms with Crippen LogP contribution in [-0.4, -0.2) is 23.5 Å². The van der Waals surface area contributed by atoms with E-state index in [2.05, 4.69) is 23.9 Å². The maximum atomic E-state index is 5.86. The third-order valence-electron chi connectivity index (χ3n) is 3.04. The number of nitrogens with two attached hydrogens (primary N) is 1. The van der Waals surface area contributed by atoms with E-state index in [1.54, 1.807) is 0 Å². The van der Waals surface area contributed by atoms with Crippen LogP contribution in [0.2, 0.25) is 0 Å². The molecule has 0 spiro atoms. The number of hydrogen-bond donors (Lipinski definition) is 1. The largest absolute Gasteiger partial charge is 0.439 e. The van der Waals surface area contributed by atoms with Crippen LogP contribution in [0.5, 0.6) is 0 Å². The second kappa shape index (κ2) is 5.87. The van der Waals surface area contributed by atoms with E-state index < -0.39 is 0 Å². The minimum Gasteiger partial charge on any atom is -0.439 e. The van der Waals surface area contributed by atoms with Gasteiger partial charge in [-0.1, -0.05) is 25.8 Å². The molecule has 0 amide bonds. The highest BCUT2D eigenvalue weighted by atomic mass is 16.3. The normalized spacial score (nSPS) is 11.5. The minimum absolute atomic E-state index is 0.677. The molecule has 0 atom stereocenters. The van der Waals surface area contributed by atoms with Gasteiger partial charge >= 0.3 is 0 Å². The maximum Gasteiger partial charge on any atom is 0.209 e. The van der Waals surface area contributed by atoms with E-state index in [-0.39, 0.29) is 0 Å². The van der Waals surface area contributed by atoms with Gasteiger partial charge < -0.3 is 10.2 Å². The second-order valence-electron chi connectivity index (χ2n) is 4.75. The van der Waals surface area contributed by atoms with Crippen molar-refractivity contribution in [1.82, 2.24) is 9.88 Å². The molecular formula is C14H21N3O. The molecule has 4 heteroatoms. The van der Waals surface area contributed by atoms with Crippen molar-refractivity contribution < 1.29 is 4.42 Å². The zero-order valence-corrected chi connectivity index (χ0v) is 11.1. The molecule has 0 unspecified atom stereocenters. The van der Waals surface area contributed by atoms with Crippen LogP contribution in [0.1, 0.15) is 32.1 Å². The van der Waals surface area contributed by atoms with Crippen molar-refractivity contribution in [3.63, 3.8) is 0 Å². The number of nitrogens with zero attached hydrogens (tertiary/aromatic N) is 2. The maximum absolute atomic E-state index is 5.86. The van der Waals surface area contributed by atoms with Gasteiger partial charge in [-0.15, -0.1) is 0 Å². The lowest BCUT2D eigenvalue weighted by Crippen LogP contribution is -2.19. The van der Waals surface area contributed by atoms with Gasteiger partial charge in [-0.2, -0.15) is 0 Å². The molecule has 4 nitrogen and oxygen atoms in total. The number of para-hydroxylation sites is 1. The monoisotopic (exact) mass is 247 g/mol. The fourth-order valence-corrected chi connectivity index (χ4v) is 2.03. The van der Waals surface area contributed by atoms with Crippen LogP contribution >= 0.6 is 0 Å². The van der Waals surface area contributed by atoms with Crippen molar-refractivity contribution in [2.45, 2.75) is 32.7 Å². The Morgan fingerprint density at radius 2 is 2.17 bits per heavy atom. The SMILES string of the molecule is CCCCCN(C)Cc1nc2c(N)cccc2o1. The number of benzene rings is 1. The lowest BCUT2D eigenvalue weighted by molar-refractivity contribution is 0.286. The van der Waals surface area contributed by atoms with E-state index in [4.69, 9.17) is 10.2 Å². The molecule has 0 fully saturated rings. The first kappa shape index (κ1) is 12.9. The predicted molar refractivity (Wildman–Crippen MR) is 74.3 cm³/mol. The number of hydrogen-bond acceptors (Lipinski definition) is 4. The molecule has 2 aromatic rings. The second-order valence-corrected chi connectivity index (χ2v) is 4.75. The van der Waals surface area contributed by atoms with Crippen LogP contribution in [-0.2, 0) is 6.54 Å². The van der Waals surface area contributed by atoms with Gasteiger partial charge in [0.05, 0.1) is 12.2 Å². The summed E-state index contributed by atoms with van der Waals surface area (Å²) in [6.45, 7) is 4.02. The summed E-state index contributed by atoms with van der Waals surface area (Å²) in [4.78, 5) is 6.68. The van der Waals surface area contributed by atoms with E-state index in [1.807, 2.05) is 18.2 Å². The zero-order valence-electron chi connectivity index (χ0n) is 11.1. The van der Waals surface area contributed by atoms with Gasteiger partial charge in [0.2, 0.25) is 5.89 Å². The summed E-state index contributed by atoms with van der Waals surface area (Å²) < 4.78 is 5.69. The first-order valence-corrected chi connectivity index (χ1v) is 6.53. The van der Waals surface area contributed by atoms with Gasteiger partial charge in [0.1, 0.15) is 5.52 Å². The van der Waals surface area contributed by atoms with E-state index in [9.17, 15) is 0 Å². The molecule has 1 aromatic carbocycles. The molecule has 18 heavy (non-hydrogen) atoms. The zero-order chi connectivity index (χ0) is 13.0. The van der Waals surface area contributed by atoms with Crippen LogP contribution in [0.15, 0.2) is 22.6 Å². The Labute approximate surface area is 108 Å². The van der Waals surface area contributed by atoms with Crippen molar-refractivity contribution in [1.29, 1.82) is 0 Å². The van der Waals surface area contributed by atoms with Gasteiger partial charge in [0.25, 0.3) is 0 Å². The van der Waals surface area contributed by atoms with Crippen LogP contribution in [0, 0.1) is 0 Å². The summed E-state index contributed by atoms with van der Waals surface area (Å²) in [5, 5.41) is 0. The number of aromatic nitrogens is 1. The molecule has 0 aliphatic rings. The summed E-state index contributed by atoms with van der Waals surface area (Å²) in [7, 11) is 2.09. The van der Waals surface area contributed by atoms with E-state index >= 15 is 0 Å². The minimum atomic E-state index is 0.677. The molecule has 0 aliphatic carbocycles. The van der Waals surface area contributed by atoms with Crippen molar-refractivity contribution in [3.05, 3.63) is 24.1 Å². The number of nitrogen functional groups attached to an aromatic ring is 1. The number of rotatable bonds is 6. The molecule has 0 bridgehead atoms. The summed E-state index contributed by atoms with van der Waals surface area (Å²) in [5.41, 5.74) is 8.08. The van der Waals surface area contributed by atoms with Crippen LogP contribution in [0.4, 0.5) is 5.69 Å². The Morgan fingerprint density at radius 1 is 1.33 bits per heavy atom. The smallest absolute Gasteiger partial charge is 0.209 e. The molecular weight excluding hydrogens is 226 g/mol. The molecule has 0 radical (unpaired) electrons. The van der Waals surface area contributed by atoms with E-state index in [0.717, 1.165) is 30.1 Å². The molecule has 98 valence electrons. The fourth-order valence-electron chi connectivity index (χ4n) is 2.03. The average Bonchev–Trinajstić information content (AvgIpc) is 2.73. The first-order valence-electron chi connectivity index (χ1n) is 6.53. The number of anilines is 1. The first-order chi connectivity index (χ1) is 8.70. The molecule has 1 heterocycles. The Bertz CT molecular complexity index is 507. The van der Waals surface area contributed by atoms with Crippen molar-refractivity contribution in [2.75, 3.05) is 19.3 Å². The van der Waals surface area contributed by atoms with Crippen molar-refractivity contribution in [3.8, 4) is 0 Å². The van der Waals surface area contributed by atoms with Crippen molar-refractivity contribution >= 4 is 16.8 Å². The summed E-state index contributed by atoms with van der Waals surface area (Å²) in [6.07, 6.45) is 3.73. The highest BCUT2D eigenvalue weighted by molar-refractivity contribution is 5.85. The third-order valence-corrected chi connectivity index (χ3v) is 3.04. The third kappa shape index (κ3) is 3.01. The summed E-state index contributed by atoms with van der Waals surface area (Å²) in [5.74, 6) is 0.738. The number of fused-ring (bicyclic) bond motifs is 1. The van der Waals surface area contributed by atoms with Crippen LogP contribution in [0.3, 0.4) is 0 Å². The van der Waals surface area contributed by atoms with Crippen LogP contribution < -0.4 is 5.73 Å². The van der Waals surface area contributed by atoms with Gasteiger partial charge in [0.15, 0.2) is 5.58 Å². The van der Waals surface area contributed by atoms with E-state index in [0.29, 0.717) is 5.69 Å². The Balaban J connectivity index is 2.01. The highest BCUT2D eigenvalue weighted by Crippen LogP contribution is 2.21. The summed E-state index contributed by atoms with van der Waals surface area (Å²) in [6, 6.07) is 5.64. The van der Waals surface area contributed by atoms with E-state index in [1.165, 1.54) is 19.3 Å². The standard InChI is InChI=1S/C14H21N3O/c1-3-4-5-9-17(2)10-13-16-14-11(15)7-6-8-12(14)18-13/h6-8H,3-5,9-10,15H2,1-2H3. The number of unbranched alkanes of at least 4 members (excludes halogenated alkanes) is 2. The molecule has 0 saturated carbocycles. The molecule has 2 rings (SSSR count). The topological polar surface area (TPSA) is 55.3 Å². The lowest BCUT2D eigenvalue weighted by Gasteiger charge is -2.13. The van der Waals surface area contributed by atoms with Gasteiger partial charge in [0, 0.05) is 0 Å². The number of oxazole rings is 1. The molecule has 0 saturated heterocycles. The quantitative estimate of drug-likeness (QED) is 0.629. The van der Waals surface area contributed by atoms with Gasteiger partial charge in [-0.3, -0.25) is 4.90 Å². The fraction of sp³-hybridized carbons (Fsp3) is 0.500.